The van der Waals surface area contributed by atoms with Gasteiger partial charge >= 0.3 is 0 Å². The first kappa shape index (κ1) is 24.5. The van der Waals surface area contributed by atoms with E-state index in [0.717, 1.165) is 42.1 Å². The van der Waals surface area contributed by atoms with Gasteiger partial charge in [-0.25, -0.2) is 13.4 Å². The fraction of sp³-hybridized carbons (Fsp3) is 0.0690. The van der Waals surface area contributed by atoms with Gasteiger partial charge < -0.3 is 5.32 Å². The number of nitrogens with one attached hydrogen (secondary N) is 2. The minimum Gasteiger partial charge on any atom is -0.361 e. The first-order chi connectivity index (χ1) is 17.0. The smallest absolute Gasteiger partial charge is 0.203 e. The van der Waals surface area contributed by atoms with E-state index in [-0.39, 0.29) is 0 Å². The van der Waals surface area contributed by atoms with Gasteiger partial charge in [-0.2, -0.15) is 0 Å². The number of benzene rings is 4. The van der Waals surface area contributed by atoms with Crippen LogP contribution >= 0.6 is 0 Å². The van der Waals surface area contributed by atoms with Crippen molar-refractivity contribution < 1.29 is 13.4 Å². The molecule has 176 valence electrons. The zero-order valence-electron chi connectivity index (χ0n) is 19.6. The van der Waals surface area contributed by atoms with E-state index in [1.807, 2.05) is 129 Å². The quantitative estimate of drug-likeness (QED) is 0.334. The molecule has 4 rings (SSSR count). The van der Waals surface area contributed by atoms with E-state index >= 15 is 0 Å². The highest BCUT2D eigenvalue weighted by atomic mass is 32.2. The highest BCUT2D eigenvalue weighted by Gasteiger charge is 2.08. The number of allylic oxidation sites excluding steroid dienone is 1. The van der Waals surface area contributed by atoms with Crippen molar-refractivity contribution in [3.05, 3.63) is 120 Å². The van der Waals surface area contributed by atoms with E-state index < -0.39 is 21.6 Å². The van der Waals surface area contributed by atoms with Crippen molar-refractivity contribution >= 4 is 39.2 Å². The van der Waals surface area contributed by atoms with E-state index in [1.165, 1.54) is 0 Å². The van der Waals surface area contributed by atoms with Gasteiger partial charge in [-0.3, -0.25) is 0 Å². The van der Waals surface area contributed by atoms with Crippen LogP contribution in [-0.2, 0) is 21.6 Å². The molecule has 0 saturated heterocycles. The summed E-state index contributed by atoms with van der Waals surface area (Å²) in [6.45, 7) is 4.03. The molecular formula is C29H27N2O2S2+. The van der Waals surface area contributed by atoms with Gasteiger partial charge in [0.25, 0.3) is 0 Å². The molecule has 35 heavy (non-hydrogen) atoms. The Kier molecular flexibility index (Phi) is 8.19. The molecule has 4 aromatic rings. The molecule has 0 radical (unpaired) electrons. The van der Waals surface area contributed by atoms with Crippen LogP contribution in [0.3, 0.4) is 0 Å². The van der Waals surface area contributed by atoms with E-state index in [1.54, 1.807) is 0 Å². The molecule has 0 heterocycles. The number of anilines is 1. The summed E-state index contributed by atoms with van der Waals surface area (Å²) in [6.07, 6.45) is 5.50. The van der Waals surface area contributed by atoms with Crippen molar-refractivity contribution in [2.24, 2.45) is 0 Å². The van der Waals surface area contributed by atoms with Gasteiger partial charge in [0.05, 0.1) is 21.6 Å². The van der Waals surface area contributed by atoms with E-state index in [0.29, 0.717) is 0 Å². The Bertz CT molecular complexity index is 1380. The molecule has 0 aliphatic rings. The highest BCUT2D eigenvalue weighted by molar-refractivity contribution is 7.85. The molecule has 0 fully saturated rings. The molecule has 0 aromatic heterocycles. The Morgan fingerprint density at radius 3 is 1.46 bits per heavy atom. The lowest BCUT2D eigenvalue weighted by molar-refractivity contribution is -0.346. The summed E-state index contributed by atoms with van der Waals surface area (Å²) >= 11 is 0. The standard InChI is InChI=1S/C29H26N2O2S2/c1-22-4-12-26(13-5-22)34(32)28-16-8-24(9-17-28)30-20-3-21-31-25-10-18-29(19-11-25)35(33)27-14-6-23(2)7-15-27/h3-21,30H,1-2H3/p+1/b20-3+,31-21?. The molecule has 0 aliphatic carbocycles. The lowest BCUT2D eigenvalue weighted by Gasteiger charge is -2.05. The van der Waals surface area contributed by atoms with E-state index in [9.17, 15) is 8.42 Å². The minimum atomic E-state index is -1.19. The SMILES string of the molecule is Cc1ccc(S(=O)c2ccc(N/C=C/C=[NH+]c3ccc(S(=O)c4ccc(C)cc4)cc3)cc2)cc1. The highest BCUT2D eigenvalue weighted by Crippen LogP contribution is 2.19. The van der Waals surface area contributed by atoms with Crippen molar-refractivity contribution in [2.75, 3.05) is 5.32 Å². The van der Waals surface area contributed by atoms with Gasteiger partial charge in [0, 0.05) is 49.7 Å². The third kappa shape index (κ3) is 6.72. The first-order valence-corrected chi connectivity index (χ1v) is 13.5. The molecule has 2 N–H and O–H groups in total. The predicted molar refractivity (Wildman–Crippen MR) is 144 cm³/mol. The molecule has 0 spiro atoms. The molecule has 0 saturated carbocycles. The number of hydrogen-bond acceptors (Lipinski definition) is 3. The molecule has 2 atom stereocenters. The maximum Gasteiger partial charge on any atom is 0.203 e. The van der Waals surface area contributed by atoms with Crippen LogP contribution < -0.4 is 10.3 Å². The van der Waals surface area contributed by atoms with Gasteiger partial charge in [-0.05, 0) is 74.5 Å². The second-order valence-electron chi connectivity index (χ2n) is 8.03. The summed E-state index contributed by atoms with van der Waals surface area (Å²) < 4.78 is 25.4. The Hall–Kier alpha value is -3.61. The van der Waals surface area contributed by atoms with Crippen molar-refractivity contribution in [1.29, 1.82) is 0 Å². The topological polar surface area (TPSA) is 60.1 Å². The van der Waals surface area contributed by atoms with Crippen molar-refractivity contribution in [1.82, 2.24) is 0 Å². The molecule has 0 amide bonds. The van der Waals surface area contributed by atoms with Crippen molar-refractivity contribution in [2.45, 2.75) is 33.4 Å². The van der Waals surface area contributed by atoms with E-state index in [2.05, 4.69) is 10.3 Å². The van der Waals surface area contributed by atoms with Crippen LogP contribution in [0.2, 0.25) is 0 Å². The second-order valence-corrected chi connectivity index (χ2v) is 11.0. The summed E-state index contributed by atoms with van der Waals surface area (Å²) in [5.74, 6) is 0. The van der Waals surface area contributed by atoms with Crippen LogP contribution in [0.5, 0.6) is 0 Å². The fourth-order valence-electron chi connectivity index (χ4n) is 3.28. The molecule has 0 bridgehead atoms. The maximum atomic E-state index is 12.7. The zero-order chi connectivity index (χ0) is 24.6. The van der Waals surface area contributed by atoms with E-state index in [4.69, 9.17) is 0 Å². The Labute approximate surface area is 211 Å². The minimum absolute atomic E-state index is 0.767. The average molecular weight is 500 g/mol. The zero-order valence-corrected chi connectivity index (χ0v) is 21.2. The number of rotatable bonds is 8. The summed E-state index contributed by atoms with van der Waals surface area (Å²) in [4.78, 5) is 6.33. The van der Waals surface area contributed by atoms with Crippen LogP contribution in [0, 0.1) is 13.8 Å². The van der Waals surface area contributed by atoms with Crippen LogP contribution in [0.25, 0.3) is 0 Å². The molecule has 4 aromatic carbocycles. The van der Waals surface area contributed by atoms with Crippen molar-refractivity contribution in [3.63, 3.8) is 0 Å². The largest absolute Gasteiger partial charge is 0.361 e. The normalized spacial score (nSPS) is 13.2. The van der Waals surface area contributed by atoms with Crippen LogP contribution in [0.15, 0.2) is 129 Å². The third-order valence-corrected chi connectivity index (χ3v) is 8.10. The Balaban J connectivity index is 1.30. The van der Waals surface area contributed by atoms with Gasteiger partial charge in [0.1, 0.15) is 0 Å². The molecule has 2 unspecified atom stereocenters. The van der Waals surface area contributed by atoms with Crippen LogP contribution in [0.1, 0.15) is 11.1 Å². The fourth-order valence-corrected chi connectivity index (χ4v) is 5.36. The first-order valence-electron chi connectivity index (χ1n) is 11.2. The van der Waals surface area contributed by atoms with Crippen LogP contribution in [0.4, 0.5) is 11.4 Å². The predicted octanol–water partition coefficient (Wildman–Crippen LogP) is 5.05. The summed E-state index contributed by atoms with van der Waals surface area (Å²) in [7, 11) is -2.38. The second kappa shape index (κ2) is 11.7. The average Bonchev–Trinajstić information content (AvgIpc) is 2.89. The molecule has 0 aliphatic heterocycles. The van der Waals surface area contributed by atoms with Gasteiger partial charge in [0.2, 0.25) is 5.69 Å². The Morgan fingerprint density at radius 2 is 1.00 bits per heavy atom. The van der Waals surface area contributed by atoms with Gasteiger partial charge in [0.15, 0.2) is 6.21 Å². The lowest BCUT2D eigenvalue weighted by Crippen LogP contribution is -2.60. The summed E-state index contributed by atoms with van der Waals surface area (Å²) in [5.41, 5.74) is 4.11. The van der Waals surface area contributed by atoms with Gasteiger partial charge in [-0.15, -0.1) is 0 Å². The molecular weight excluding hydrogens is 472 g/mol. The maximum absolute atomic E-state index is 12.7. The van der Waals surface area contributed by atoms with Gasteiger partial charge in [-0.1, -0.05) is 35.4 Å². The van der Waals surface area contributed by atoms with Crippen LogP contribution in [-0.4, -0.2) is 14.6 Å². The van der Waals surface area contributed by atoms with Crippen molar-refractivity contribution in [3.8, 4) is 0 Å². The summed E-state index contributed by atoms with van der Waals surface area (Å²) in [6, 6.07) is 30.6. The molecule has 4 nitrogen and oxygen atoms in total. The molecule has 6 heteroatoms. The number of aryl methyl sites for hydroxylation is 2. The Morgan fingerprint density at radius 1 is 0.600 bits per heavy atom. The summed E-state index contributed by atoms with van der Waals surface area (Å²) in [5, 5.41) is 3.20. The monoisotopic (exact) mass is 499 g/mol. The third-order valence-electron chi connectivity index (χ3n) is 5.30. The number of hydrogen-bond donors (Lipinski definition) is 2. The lowest BCUT2D eigenvalue weighted by atomic mass is 10.2.